The van der Waals surface area contributed by atoms with Gasteiger partial charge in [-0.3, -0.25) is 4.79 Å². The minimum atomic E-state index is -1.05. The van der Waals surface area contributed by atoms with Gasteiger partial charge in [0.2, 0.25) is 0 Å². The third-order valence-corrected chi connectivity index (χ3v) is 3.17. The maximum Gasteiger partial charge on any atom is 0.335 e. The van der Waals surface area contributed by atoms with Crippen molar-refractivity contribution in [3.05, 3.63) is 29.3 Å². The molecule has 3 N–H and O–H groups in total. The summed E-state index contributed by atoms with van der Waals surface area (Å²) in [5.41, 5.74) is 0.155. The summed E-state index contributed by atoms with van der Waals surface area (Å²) in [4.78, 5) is 21.4. The Morgan fingerprint density at radius 3 is 2.37 bits per heavy atom. The average Bonchev–Trinajstić information content (AvgIpc) is 2.28. The van der Waals surface area contributed by atoms with Gasteiger partial charge < -0.3 is 15.3 Å². The van der Waals surface area contributed by atoms with Gasteiger partial charge in [0.15, 0.2) is 0 Å². The van der Waals surface area contributed by atoms with E-state index in [9.17, 15) is 14.7 Å². The lowest BCUT2D eigenvalue weighted by Crippen LogP contribution is -2.18. The molecule has 5 nitrogen and oxygen atoms in total. The molecule has 5 heteroatoms. The van der Waals surface area contributed by atoms with Crippen molar-refractivity contribution in [3.63, 3.8) is 0 Å². The minimum absolute atomic E-state index is 0.0327. The first-order valence-electron chi connectivity index (χ1n) is 6.02. The van der Waals surface area contributed by atoms with E-state index in [4.69, 9.17) is 10.2 Å². The fourth-order valence-corrected chi connectivity index (χ4v) is 2.03. The first-order chi connectivity index (χ1) is 8.74. The van der Waals surface area contributed by atoms with E-state index in [-0.39, 0.29) is 17.7 Å². The lowest BCUT2D eigenvalue weighted by Gasteiger charge is -2.26. The van der Waals surface area contributed by atoms with E-state index in [2.05, 4.69) is 0 Å². The molecule has 0 atom stereocenters. The molecule has 0 aliphatic carbocycles. The first-order valence-corrected chi connectivity index (χ1v) is 6.02. The van der Waals surface area contributed by atoms with Crippen LogP contribution >= 0.6 is 0 Å². The van der Waals surface area contributed by atoms with Gasteiger partial charge in [-0.25, -0.2) is 4.79 Å². The Labute approximate surface area is 111 Å². The maximum absolute atomic E-state index is 10.9. The summed E-state index contributed by atoms with van der Waals surface area (Å²) >= 11 is 0. The number of benzene rings is 1. The third-order valence-electron chi connectivity index (χ3n) is 3.17. The molecule has 1 aromatic carbocycles. The van der Waals surface area contributed by atoms with E-state index >= 15 is 0 Å². The number of aliphatic carboxylic acids is 1. The van der Waals surface area contributed by atoms with E-state index in [1.165, 1.54) is 18.2 Å². The standard InChI is InChI=1S/C14H18O5/c1-14(2,7-3-4-12(16)17)10-8-9(13(18)19)5-6-11(10)15/h5-6,8,15H,3-4,7H2,1-2H3,(H,16,17)(H,18,19). The molecular formula is C14H18O5. The highest BCUT2D eigenvalue weighted by Crippen LogP contribution is 2.35. The van der Waals surface area contributed by atoms with Crippen molar-refractivity contribution in [1.29, 1.82) is 0 Å². The van der Waals surface area contributed by atoms with E-state index in [1.807, 2.05) is 13.8 Å². The molecular weight excluding hydrogens is 248 g/mol. The monoisotopic (exact) mass is 266 g/mol. The summed E-state index contributed by atoms with van der Waals surface area (Å²) in [6.45, 7) is 3.71. The molecule has 0 amide bonds. The quantitative estimate of drug-likeness (QED) is 0.735. The van der Waals surface area contributed by atoms with Crippen LogP contribution in [0.25, 0.3) is 0 Å². The molecule has 0 unspecified atom stereocenters. The number of rotatable bonds is 6. The smallest absolute Gasteiger partial charge is 0.335 e. The predicted octanol–water partition coefficient (Wildman–Crippen LogP) is 2.62. The van der Waals surface area contributed by atoms with Crippen LogP contribution in [-0.4, -0.2) is 27.3 Å². The van der Waals surface area contributed by atoms with E-state index < -0.39 is 17.4 Å². The third kappa shape index (κ3) is 3.98. The predicted molar refractivity (Wildman–Crippen MR) is 69.6 cm³/mol. The van der Waals surface area contributed by atoms with Crippen molar-refractivity contribution >= 4 is 11.9 Å². The summed E-state index contributed by atoms with van der Waals surface area (Å²) in [6.07, 6.45) is 1.08. The van der Waals surface area contributed by atoms with Gasteiger partial charge in [0.25, 0.3) is 0 Å². The topological polar surface area (TPSA) is 94.8 Å². The van der Waals surface area contributed by atoms with Gasteiger partial charge in [0.1, 0.15) is 5.75 Å². The highest BCUT2D eigenvalue weighted by atomic mass is 16.4. The number of carboxylic acid groups (broad SMARTS) is 2. The first kappa shape index (κ1) is 15.0. The Morgan fingerprint density at radius 2 is 1.84 bits per heavy atom. The van der Waals surface area contributed by atoms with Crippen LogP contribution < -0.4 is 0 Å². The number of aromatic hydroxyl groups is 1. The SMILES string of the molecule is CC(C)(CCCC(=O)O)c1cc(C(=O)O)ccc1O. The fraction of sp³-hybridized carbons (Fsp3) is 0.429. The van der Waals surface area contributed by atoms with Crippen molar-refractivity contribution in [2.24, 2.45) is 0 Å². The summed E-state index contributed by atoms with van der Waals surface area (Å²) in [5, 5.41) is 27.4. The number of aromatic carboxylic acids is 1. The molecule has 0 saturated heterocycles. The molecule has 19 heavy (non-hydrogen) atoms. The van der Waals surface area contributed by atoms with E-state index in [0.717, 1.165) is 0 Å². The second-order valence-electron chi connectivity index (χ2n) is 5.17. The van der Waals surface area contributed by atoms with Crippen LogP contribution in [0.15, 0.2) is 18.2 Å². The van der Waals surface area contributed by atoms with Gasteiger partial charge in [0, 0.05) is 12.0 Å². The number of carboxylic acids is 2. The second kappa shape index (κ2) is 5.73. The van der Waals surface area contributed by atoms with E-state index in [0.29, 0.717) is 18.4 Å². The zero-order chi connectivity index (χ0) is 14.6. The van der Waals surface area contributed by atoms with Gasteiger partial charge in [-0.15, -0.1) is 0 Å². The molecule has 0 radical (unpaired) electrons. The molecule has 0 fully saturated rings. The largest absolute Gasteiger partial charge is 0.508 e. The van der Waals surface area contributed by atoms with Crippen molar-refractivity contribution in [2.75, 3.05) is 0 Å². The Morgan fingerprint density at radius 1 is 1.21 bits per heavy atom. The van der Waals surface area contributed by atoms with Gasteiger partial charge >= 0.3 is 11.9 Å². The van der Waals surface area contributed by atoms with Crippen LogP contribution in [-0.2, 0) is 10.2 Å². The number of hydrogen-bond acceptors (Lipinski definition) is 3. The van der Waals surface area contributed by atoms with Gasteiger partial charge in [-0.1, -0.05) is 13.8 Å². The fourth-order valence-electron chi connectivity index (χ4n) is 2.03. The van der Waals surface area contributed by atoms with Gasteiger partial charge in [-0.05, 0) is 36.5 Å². The van der Waals surface area contributed by atoms with Crippen molar-refractivity contribution in [3.8, 4) is 5.75 Å². The van der Waals surface area contributed by atoms with Crippen LogP contribution in [0.5, 0.6) is 5.75 Å². The highest BCUT2D eigenvalue weighted by Gasteiger charge is 2.25. The molecule has 104 valence electrons. The molecule has 0 bridgehead atoms. The second-order valence-corrected chi connectivity index (χ2v) is 5.17. The highest BCUT2D eigenvalue weighted by molar-refractivity contribution is 5.88. The van der Waals surface area contributed by atoms with Crippen LogP contribution in [0.4, 0.5) is 0 Å². The van der Waals surface area contributed by atoms with Gasteiger partial charge in [-0.2, -0.15) is 0 Å². The normalized spacial score (nSPS) is 11.3. The Kier molecular flexibility index (Phi) is 4.53. The van der Waals surface area contributed by atoms with Crippen molar-refractivity contribution < 1.29 is 24.9 Å². The Bertz CT molecular complexity index is 491. The van der Waals surface area contributed by atoms with Gasteiger partial charge in [0.05, 0.1) is 5.56 Å². The van der Waals surface area contributed by atoms with Crippen molar-refractivity contribution in [2.45, 2.75) is 38.5 Å². The summed E-state index contributed by atoms with van der Waals surface area (Å²) in [5.74, 6) is -1.88. The molecule has 0 heterocycles. The van der Waals surface area contributed by atoms with Crippen LogP contribution in [0.1, 0.15) is 49.0 Å². The zero-order valence-electron chi connectivity index (χ0n) is 11.0. The number of phenolic OH excluding ortho intramolecular Hbond substituents is 1. The minimum Gasteiger partial charge on any atom is -0.508 e. The number of carbonyl (C=O) groups is 2. The molecule has 0 spiro atoms. The zero-order valence-corrected chi connectivity index (χ0v) is 11.0. The number of phenols is 1. The average molecular weight is 266 g/mol. The maximum atomic E-state index is 10.9. The molecule has 0 aliphatic rings. The summed E-state index contributed by atoms with van der Waals surface area (Å²) < 4.78 is 0. The molecule has 1 aromatic rings. The molecule has 1 rings (SSSR count). The Balaban J connectivity index is 2.95. The van der Waals surface area contributed by atoms with Crippen LogP contribution in [0.2, 0.25) is 0 Å². The lowest BCUT2D eigenvalue weighted by molar-refractivity contribution is -0.137. The van der Waals surface area contributed by atoms with Crippen LogP contribution in [0, 0.1) is 0 Å². The van der Waals surface area contributed by atoms with E-state index in [1.54, 1.807) is 0 Å². The summed E-state index contributed by atoms with van der Waals surface area (Å²) in [6, 6.07) is 4.14. The summed E-state index contributed by atoms with van der Waals surface area (Å²) in [7, 11) is 0. The molecule has 0 saturated carbocycles. The number of hydrogen-bond donors (Lipinski definition) is 3. The van der Waals surface area contributed by atoms with Crippen molar-refractivity contribution in [1.82, 2.24) is 0 Å². The molecule has 0 aliphatic heterocycles. The lowest BCUT2D eigenvalue weighted by atomic mass is 9.79. The molecule has 0 aromatic heterocycles. The van der Waals surface area contributed by atoms with Crippen LogP contribution in [0.3, 0.4) is 0 Å². The Hall–Kier alpha value is -2.04.